The van der Waals surface area contributed by atoms with Crippen molar-refractivity contribution in [3.63, 3.8) is 0 Å². The first-order chi connectivity index (χ1) is 8.84. The van der Waals surface area contributed by atoms with Gasteiger partial charge in [0, 0.05) is 13.5 Å². The third-order valence-corrected chi connectivity index (χ3v) is 2.39. The Morgan fingerprint density at radius 1 is 1.42 bits per heavy atom. The van der Waals surface area contributed by atoms with Gasteiger partial charge < -0.3 is 15.8 Å². The van der Waals surface area contributed by atoms with Crippen LogP contribution < -0.4 is 15.8 Å². The molecule has 0 aliphatic carbocycles. The maximum atomic E-state index is 12.5. The van der Waals surface area contributed by atoms with Gasteiger partial charge in [0.2, 0.25) is 5.91 Å². The average molecular weight is 276 g/mol. The van der Waals surface area contributed by atoms with Crippen LogP contribution in [-0.2, 0) is 4.79 Å². The predicted molar refractivity (Wildman–Crippen MR) is 64.8 cm³/mol. The number of halogens is 3. The standard InChI is InChI=1S/C12H15F3N2O2/c1-8(18)17-10-4-2-3-5-11(10)19-7-9(6-16)12(13,14)15/h2-5,9H,6-7,16H2,1H3,(H,17,18). The molecule has 1 amide bonds. The number of ether oxygens (including phenoxy) is 1. The zero-order valence-electron chi connectivity index (χ0n) is 10.3. The van der Waals surface area contributed by atoms with E-state index in [9.17, 15) is 18.0 Å². The monoisotopic (exact) mass is 276 g/mol. The lowest BCUT2D eigenvalue weighted by Gasteiger charge is -2.20. The van der Waals surface area contributed by atoms with Crippen LogP contribution in [0.4, 0.5) is 18.9 Å². The highest BCUT2D eigenvalue weighted by Crippen LogP contribution is 2.28. The van der Waals surface area contributed by atoms with E-state index in [1.807, 2.05) is 0 Å². The number of anilines is 1. The molecule has 7 heteroatoms. The Balaban J connectivity index is 2.74. The number of carbonyl (C=O) groups excluding carboxylic acids is 1. The minimum atomic E-state index is -4.41. The van der Waals surface area contributed by atoms with Crippen molar-refractivity contribution in [1.82, 2.24) is 0 Å². The molecule has 0 radical (unpaired) electrons. The summed E-state index contributed by atoms with van der Waals surface area (Å²) < 4.78 is 42.6. The SMILES string of the molecule is CC(=O)Nc1ccccc1OCC(CN)C(F)(F)F. The lowest BCUT2D eigenvalue weighted by molar-refractivity contribution is -0.178. The maximum Gasteiger partial charge on any atom is 0.396 e. The van der Waals surface area contributed by atoms with Crippen LogP contribution in [0.15, 0.2) is 24.3 Å². The van der Waals surface area contributed by atoms with Crippen molar-refractivity contribution in [2.45, 2.75) is 13.1 Å². The summed E-state index contributed by atoms with van der Waals surface area (Å²) in [4.78, 5) is 11.0. The highest BCUT2D eigenvalue weighted by molar-refractivity contribution is 5.90. The Kier molecular flexibility index (Phi) is 5.17. The molecule has 0 spiro atoms. The number of nitrogens with one attached hydrogen (secondary N) is 1. The molecule has 3 N–H and O–H groups in total. The predicted octanol–water partition coefficient (Wildman–Crippen LogP) is 2.16. The smallest absolute Gasteiger partial charge is 0.396 e. The first kappa shape index (κ1) is 15.3. The van der Waals surface area contributed by atoms with Crippen molar-refractivity contribution in [1.29, 1.82) is 0 Å². The number of hydrogen-bond donors (Lipinski definition) is 2. The molecule has 1 aromatic carbocycles. The minimum absolute atomic E-state index is 0.181. The third kappa shape index (κ3) is 4.78. The van der Waals surface area contributed by atoms with Crippen LogP contribution in [0, 0.1) is 5.92 Å². The fourth-order valence-electron chi connectivity index (χ4n) is 1.37. The van der Waals surface area contributed by atoms with Crippen LogP contribution in [0.3, 0.4) is 0 Å². The fourth-order valence-corrected chi connectivity index (χ4v) is 1.37. The van der Waals surface area contributed by atoms with Gasteiger partial charge in [0.25, 0.3) is 0 Å². The molecule has 1 atom stereocenters. The Bertz CT molecular complexity index is 435. The molecule has 1 aromatic rings. The summed E-state index contributed by atoms with van der Waals surface area (Å²) in [6.07, 6.45) is -4.41. The van der Waals surface area contributed by atoms with Crippen LogP contribution in [0.5, 0.6) is 5.75 Å². The summed E-state index contributed by atoms with van der Waals surface area (Å²) in [7, 11) is 0. The molecule has 0 saturated carbocycles. The number of rotatable bonds is 5. The van der Waals surface area contributed by atoms with Crippen LogP contribution in [0.1, 0.15) is 6.92 Å². The second-order valence-corrected chi connectivity index (χ2v) is 3.96. The minimum Gasteiger partial charge on any atom is -0.491 e. The van der Waals surface area contributed by atoms with E-state index in [0.717, 1.165) is 0 Å². The van der Waals surface area contributed by atoms with E-state index < -0.39 is 25.2 Å². The van der Waals surface area contributed by atoms with Crippen LogP contribution in [0.2, 0.25) is 0 Å². The van der Waals surface area contributed by atoms with Gasteiger partial charge in [-0.15, -0.1) is 0 Å². The quantitative estimate of drug-likeness (QED) is 0.866. The Morgan fingerprint density at radius 2 is 2.05 bits per heavy atom. The Hall–Kier alpha value is -1.76. The van der Waals surface area contributed by atoms with Gasteiger partial charge in [-0.1, -0.05) is 12.1 Å². The molecule has 0 saturated heterocycles. The maximum absolute atomic E-state index is 12.5. The van der Waals surface area contributed by atoms with Crippen molar-refractivity contribution >= 4 is 11.6 Å². The number of para-hydroxylation sites is 2. The van der Waals surface area contributed by atoms with Crippen molar-refractivity contribution in [3.05, 3.63) is 24.3 Å². The van der Waals surface area contributed by atoms with Crippen LogP contribution in [0.25, 0.3) is 0 Å². The van der Waals surface area contributed by atoms with E-state index in [1.54, 1.807) is 18.2 Å². The molecule has 0 aromatic heterocycles. The van der Waals surface area contributed by atoms with E-state index in [0.29, 0.717) is 5.69 Å². The van der Waals surface area contributed by atoms with E-state index in [4.69, 9.17) is 10.5 Å². The molecule has 0 aliphatic heterocycles. The summed E-state index contributed by atoms with van der Waals surface area (Å²) >= 11 is 0. The number of amides is 1. The van der Waals surface area contributed by atoms with Crippen molar-refractivity contribution in [3.8, 4) is 5.75 Å². The van der Waals surface area contributed by atoms with E-state index in [-0.39, 0.29) is 11.7 Å². The van der Waals surface area contributed by atoms with Gasteiger partial charge in [0.05, 0.1) is 5.69 Å². The zero-order chi connectivity index (χ0) is 14.5. The number of carbonyl (C=O) groups is 1. The molecule has 0 bridgehead atoms. The van der Waals surface area contributed by atoms with E-state index in [2.05, 4.69) is 5.32 Å². The van der Waals surface area contributed by atoms with Crippen molar-refractivity contribution < 1.29 is 22.7 Å². The summed E-state index contributed by atoms with van der Waals surface area (Å²) in [5, 5.41) is 2.48. The van der Waals surface area contributed by atoms with Crippen molar-refractivity contribution in [2.75, 3.05) is 18.5 Å². The second-order valence-electron chi connectivity index (χ2n) is 3.96. The van der Waals surface area contributed by atoms with Crippen molar-refractivity contribution in [2.24, 2.45) is 11.7 Å². The molecule has 0 heterocycles. The molecule has 19 heavy (non-hydrogen) atoms. The van der Waals surface area contributed by atoms with Gasteiger partial charge in [-0.3, -0.25) is 4.79 Å². The van der Waals surface area contributed by atoms with Gasteiger partial charge in [0.1, 0.15) is 18.3 Å². The Labute approximate surface area is 108 Å². The van der Waals surface area contributed by atoms with Gasteiger partial charge in [-0.25, -0.2) is 0 Å². The third-order valence-electron chi connectivity index (χ3n) is 2.39. The largest absolute Gasteiger partial charge is 0.491 e. The fraction of sp³-hybridized carbons (Fsp3) is 0.417. The normalized spacial score (nSPS) is 12.9. The van der Waals surface area contributed by atoms with Gasteiger partial charge in [0.15, 0.2) is 0 Å². The first-order valence-electron chi connectivity index (χ1n) is 5.60. The molecule has 0 aliphatic rings. The first-order valence-corrected chi connectivity index (χ1v) is 5.60. The van der Waals surface area contributed by atoms with Crippen LogP contribution in [-0.4, -0.2) is 25.2 Å². The zero-order valence-corrected chi connectivity index (χ0v) is 10.3. The van der Waals surface area contributed by atoms with E-state index in [1.165, 1.54) is 13.0 Å². The molecule has 1 rings (SSSR count). The molecule has 106 valence electrons. The number of nitrogens with two attached hydrogens (primary N) is 1. The molecular weight excluding hydrogens is 261 g/mol. The summed E-state index contributed by atoms with van der Waals surface area (Å²) in [6, 6.07) is 6.27. The number of alkyl halides is 3. The average Bonchev–Trinajstić information content (AvgIpc) is 2.29. The second kappa shape index (κ2) is 6.42. The number of benzene rings is 1. The lowest BCUT2D eigenvalue weighted by atomic mass is 10.1. The molecule has 0 fully saturated rings. The van der Waals surface area contributed by atoms with Crippen LogP contribution >= 0.6 is 0 Å². The highest BCUT2D eigenvalue weighted by atomic mass is 19.4. The molecule has 4 nitrogen and oxygen atoms in total. The molecule has 1 unspecified atom stereocenters. The Morgan fingerprint density at radius 3 is 2.58 bits per heavy atom. The summed E-state index contributed by atoms with van der Waals surface area (Å²) in [5.41, 5.74) is 5.40. The van der Waals surface area contributed by atoms with Gasteiger partial charge in [-0.05, 0) is 12.1 Å². The highest BCUT2D eigenvalue weighted by Gasteiger charge is 2.39. The lowest BCUT2D eigenvalue weighted by Crippen LogP contribution is -2.35. The number of hydrogen-bond acceptors (Lipinski definition) is 3. The topological polar surface area (TPSA) is 64.3 Å². The van der Waals surface area contributed by atoms with Gasteiger partial charge >= 0.3 is 6.18 Å². The van der Waals surface area contributed by atoms with Gasteiger partial charge in [-0.2, -0.15) is 13.2 Å². The molecular formula is C12H15F3N2O2. The summed E-state index contributed by atoms with van der Waals surface area (Å²) in [5.74, 6) is -1.89. The van der Waals surface area contributed by atoms with E-state index >= 15 is 0 Å². The summed E-state index contributed by atoms with van der Waals surface area (Å²) in [6.45, 7) is 0.164.